The van der Waals surface area contributed by atoms with Crippen molar-refractivity contribution < 1.29 is 0 Å². The molecule has 0 aliphatic heterocycles. The van der Waals surface area contributed by atoms with E-state index in [9.17, 15) is 0 Å². The van der Waals surface area contributed by atoms with E-state index in [1.54, 1.807) is 11.8 Å². The van der Waals surface area contributed by atoms with Crippen molar-refractivity contribution in [3.63, 3.8) is 0 Å². The third-order valence-electron chi connectivity index (χ3n) is 3.04. The van der Waals surface area contributed by atoms with Gasteiger partial charge in [0.05, 0.1) is 0 Å². The molecule has 0 radical (unpaired) electrons. The smallest absolute Gasteiger partial charge is 0.0423 e. The molecule has 0 bridgehead atoms. The Morgan fingerprint density at radius 3 is 2.11 bits per heavy atom. The van der Waals surface area contributed by atoms with Crippen LogP contribution in [0.25, 0.3) is 0 Å². The highest BCUT2D eigenvalue weighted by atomic mass is 32.2. The van der Waals surface area contributed by atoms with Gasteiger partial charge in [0.2, 0.25) is 0 Å². The second-order valence-corrected chi connectivity index (χ2v) is 6.70. The minimum absolute atomic E-state index is 0.610. The van der Waals surface area contributed by atoms with E-state index in [4.69, 9.17) is 5.73 Å². The molecule has 0 amide bonds. The van der Waals surface area contributed by atoms with E-state index in [2.05, 4.69) is 57.0 Å². The summed E-state index contributed by atoms with van der Waals surface area (Å²) in [5.41, 5.74) is 8.59. The lowest BCUT2D eigenvalue weighted by Gasteiger charge is -2.31. The van der Waals surface area contributed by atoms with E-state index in [0.717, 1.165) is 13.1 Å². The quantitative estimate of drug-likeness (QED) is 0.766. The maximum absolute atomic E-state index is 5.99. The summed E-state index contributed by atoms with van der Waals surface area (Å²) >= 11 is 1.78. The number of hydrogen-bond donors (Lipinski definition) is 1. The van der Waals surface area contributed by atoms with Gasteiger partial charge in [0.15, 0.2) is 0 Å². The van der Waals surface area contributed by atoms with Gasteiger partial charge in [0.25, 0.3) is 0 Å². The lowest BCUT2D eigenvalue weighted by atomic mass is 10.1. The first-order valence-corrected chi connectivity index (χ1v) is 8.32. The molecular weight excluding hydrogens is 252 g/mol. The summed E-state index contributed by atoms with van der Waals surface area (Å²) < 4.78 is 0. The fourth-order valence-electron chi connectivity index (χ4n) is 2.40. The molecule has 1 aromatic rings. The Balaban J connectivity index is 3.13. The minimum Gasteiger partial charge on any atom is -0.371 e. The predicted molar refractivity (Wildman–Crippen MR) is 88.0 cm³/mol. The molecule has 0 spiro atoms. The number of thioether (sulfide) groups is 1. The van der Waals surface area contributed by atoms with Crippen molar-refractivity contribution in [2.45, 2.75) is 39.1 Å². The van der Waals surface area contributed by atoms with Crippen LogP contribution < -0.4 is 10.6 Å². The van der Waals surface area contributed by atoms with Gasteiger partial charge in [0, 0.05) is 35.8 Å². The number of nitrogens with two attached hydrogens (primary N) is 1. The van der Waals surface area contributed by atoms with Gasteiger partial charge in [-0.05, 0) is 30.2 Å². The number of nitrogens with zero attached hydrogens (tertiary/aromatic N) is 1. The molecule has 108 valence electrons. The van der Waals surface area contributed by atoms with Gasteiger partial charge in [-0.1, -0.05) is 33.8 Å². The zero-order valence-electron chi connectivity index (χ0n) is 12.9. The van der Waals surface area contributed by atoms with Gasteiger partial charge in [-0.2, -0.15) is 0 Å². The third kappa shape index (κ3) is 4.73. The Labute approximate surface area is 122 Å². The monoisotopic (exact) mass is 280 g/mol. The maximum Gasteiger partial charge on any atom is 0.0423 e. The van der Waals surface area contributed by atoms with Crippen LogP contribution in [0.1, 0.15) is 33.3 Å². The van der Waals surface area contributed by atoms with E-state index in [1.165, 1.54) is 16.1 Å². The molecule has 2 N–H and O–H groups in total. The SMILES string of the molecule is CSc1cccc(N(CC(C)C)CC(C)C)c1CN. The minimum atomic E-state index is 0.610. The van der Waals surface area contributed by atoms with Crippen LogP contribution >= 0.6 is 11.8 Å². The van der Waals surface area contributed by atoms with Crippen molar-refractivity contribution in [1.29, 1.82) is 0 Å². The zero-order chi connectivity index (χ0) is 14.4. The topological polar surface area (TPSA) is 29.3 Å². The van der Waals surface area contributed by atoms with E-state index >= 15 is 0 Å². The highest BCUT2D eigenvalue weighted by Crippen LogP contribution is 2.30. The Morgan fingerprint density at radius 1 is 1.11 bits per heavy atom. The van der Waals surface area contributed by atoms with Gasteiger partial charge >= 0.3 is 0 Å². The van der Waals surface area contributed by atoms with Crippen molar-refractivity contribution >= 4 is 17.4 Å². The number of anilines is 1. The summed E-state index contributed by atoms with van der Waals surface area (Å²) in [5, 5.41) is 0. The normalized spacial score (nSPS) is 11.4. The van der Waals surface area contributed by atoms with Crippen LogP contribution in [0.2, 0.25) is 0 Å². The average molecular weight is 280 g/mol. The fourth-order valence-corrected chi connectivity index (χ4v) is 3.05. The van der Waals surface area contributed by atoms with E-state index in [1.807, 2.05) is 0 Å². The largest absolute Gasteiger partial charge is 0.371 e. The molecule has 3 heteroatoms. The van der Waals surface area contributed by atoms with Crippen LogP contribution in [0, 0.1) is 11.8 Å². The van der Waals surface area contributed by atoms with Crippen molar-refractivity contribution in [3.05, 3.63) is 23.8 Å². The first kappa shape index (κ1) is 16.4. The summed E-state index contributed by atoms with van der Waals surface area (Å²) in [7, 11) is 0. The van der Waals surface area contributed by atoms with Gasteiger partial charge in [0.1, 0.15) is 0 Å². The molecule has 2 nitrogen and oxygen atoms in total. The second-order valence-electron chi connectivity index (χ2n) is 5.85. The van der Waals surface area contributed by atoms with Crippen LogP contribution in [0.5, 0.6) is 0 Å². The van der Waals surface area contributed by atoms with Gasteiger partial charge in [-0.25, -0.2) is 0 Å². The molecule has 1 aromatic carbocycles. The number of hydrogen-bond acceptors (Lipinski definition) is 3. The van der Waals surface area contributed by atoms with Gasteiger partial charge in [-0.15, -0.1) is 11.8 Å². The van der Waals surface area contributed by atoms with Crippen molar-refractivity contribution in [3.8, 4) is 0 Å². The highest BCUT2D eigenvalue weighted by molar-refractivity contribution is 7.98. The predicted octanol–water partition coefficient (Wildman–Crippen LogP) is 3.99. The number of rotatable bonds is 7. The molecule has 0 saturated heterocycles. The number of benzene rings is 1. The fraction of sp³-hybridized carbons (Fsp3) is 0.625. The summed E-state index contributed by atoms with van der Waals surface area (Å²) in [6, 6.07) is 6.53. The molecule has 0 unspecified atom stereocenters. The van der Waals surface area contributed by atoms with E-state index < -0.39 is 0 Å². The molecule has 0 fully saturated rings. The Bertz CT molecular complexity index is 378. The average Bonchev–Trinajstić information content (AvgIpc) is 2.35. The first-order valence-electron chi connectivity index (χ1n) is 7.10. The summed E-state index contributed by atoms with van der Waals surface area (Å²) in [6.07, 6.45) is 2.12. The lowest BCUT2D eigenvalue weighted by molar-refractivity contribution is 0.551. The lowest BCUT2D eigenvalue weighted by Crippen LogP contribution is -2.32. The van der Waals surface area contributed by atoms with Crippen molar-refractivity contribution in [2.75, 3.05) is 24.2 Å². The van der Waals surface area contributed by atoms with Crippen LogP contribution in [-0.4, -0.2) is 19.3 Å². The molecule has 0 aliphatic rings. The zero-order valence-corrected chi connectivity index (χ0v) is 13.8. The standard InChI is InChI=1S/C16H28N2S/c1-12(2)10-18(11-13(3)4)15-7-6-8-16(19-5)14(15)9-17/h6-8,12-13H,9-11,17H2,1-5H3. The molecule has 0 atom stereocenters. The highest BCUT2D eigenvalue weighted by Gasteiger charge is 2.15. The van der Waals surface area contributed by atoms with Crippen LogP contribution in [0.4, 0.5) is 5.69 Å². The van der Waals surface area contributed by atoms with Crippen molar-refractivity contribution in [2.24, 2.45) is 17.6 Å². The third-order valence-corrected chi connectivity index (χ3v) is 3.87. The van der Waals surface area contributed by atoms with E-state index in [-0.39, 0.29) is 0 Å². The van der Waals surface area contributed by atoms with Gasteiger partial charge < -0.3 is 10.6 Å². The first-order chi connectivity index (χ1) is 8.99. The van der Waals surface area contributed by atoms with Gasteiger partial charge in [-0.3, -0.25) is 0 Å². The Hall–Kier alpha value is -0.670. The molecule has 0 saturated carbocycles. The molecule has 1 rings (SSSR count). The van der Waals surface area contributed by atoms with E-state index in [0.29, 0.717) is 18.4 Å². The Morgan fingerprint density at radius 2 is 1.68 bits per heavy atom. The summed E-state index contributed by atoms with van der Waals surface area (Å²) in [5.74, 6) is 1.31. The second kappa shape index (κ2) is 7.81. The van der Waals surface area contributed by atoms with Crippen LogP contribution in [0.15, 0.2) is 23.1 Å². The molecule has 0 heterocycles. The molecular formula is C16H28N2S. The maximum atomic E-state index is 5.99. The summed E-state index contributed by atoms with van der Waals surface area (Å²) in [6.45, 7) is 11.9. The molecule has 19 heavy (non-hydrogen) atoms. The molecule has 0 aliphatic carbocycles. The van der Waals surface area contributed by atoms with Crippen LogP contribution in [-0.2, 0) is 6.54 Å². The van der Waals surface area contributed by atoms with Crippen LogP contribution in [0.3, 0.4) is 0 Å². The Kier molecular flexibility index (Phi) is 6.73. The molecule has 0 aromatic heterocycles. The summed E-state index contributed by atoms with van der Waals surface area (Å²) in [4.78, 5) is 3.80. The van der Waals surface area contributed by atoms with Crippen molar-refractivity contribution in [1.82, 2.24) is 0 Å².